The Morgan fingerprint density at radius 3 is 2.41 bits per heavy atom. The number of carboxylic acid groups (broad SMARTS) is 1. The number of hydrogen-bond acceptors (Lipinski definition) is 4. The molecule has 1 aliphatic heterocycles. The number of carbonyl (C=O) groups is 2. The van der Waals surface area contributed by atoms with E-state index in [4.69, 9.17) is 10.2 Å². The van der Waals surface area contributed by atoms with E-state index in [1.165, 1.54) is 0 Å². The van der Waals surface area contributed by atoms with Crippen LogP contribution in [0, 0.1) is 0 Å². The van der Waals surface area contributed by atoms with Gasteiger partial charge >= 0.3 is 12.0 Å². The van der Waals surface area contributed by atoms with E-state index in [0.717, 1.165) is 13.1 Å². The van der Waals surface area contributed by atoms with Gasteiger partial charge in [0.2, 0.25) is 0 Å². The maximum atomic E-state index is 11.6. The van der Waals surface area contributed by atoms with Crippen LogP contribution in [-0.2, 0) is 4.79 Å². The number of carboxylic acids is 1. The molecule has 1 aliphatic rings. The first-order valence-electron chi connectivity index (χ1n) is 5.63. The first-order valence-corrected chi connectivity index (χ1v) is 5.63. The minimum absolute atomic E-state index is 0.0226. The van der Waals surface area contributed by atoms with E-state index in [1.54, 1.807) is 4.90 Å². The molecule has 17 heavy (non-hydrogen) atoms. The summed E-state index contributed by atoms with van der Waals surface area (Å²) < 4.78 is 0. The summed E-state index contributed by atoms with van der Waals surface area (Å²) in [5, 5.41) is 20.1. The molecule has 7 heteroatoms. The van der Waals surface area contributed by atoms with Gasteiger partial charge in [-0.15, -0.1) is 0 Å². The molecule has 0 aliphatic carbocycles. The van der Waals surface area contributed by atoms with Crippen LogP contribution < -0.4 is 5.32 Å². The minimum Gasteiger partial charge on any atom is -0.479 e. The van der Waals surface area contributed by atoms with E-state index in [-0.39, 0.29) is 19.0 Å². The summed E-state index contributed by atoms with van der Waals surface area (Å²) in [5.74, 6) is -1.26. The van der Waals surface area contributed by atoms with Gasteiger partial charge < -0.3 is 25.3 Å². The Hall–Kier alpha value is -1.34. The Labute approximate surface area is 100.0 Å². The average molecular weight is 245 g/mol. The minimum atomic E-state index is -1.41. The standard InChI is InChI=1S/C10H19N3O4/c1-12-4-6-13(7-5-12)10(17)11-3-2-8(14)9(15)16/h8,14H,2-7H2,1H3,(H,11,17)(H,15,16). The van der Waals surface area contributed by atoms with Crippen LogP contribution in [0.15, 0.2) is 0 Å². The fourth-order valence-corrected chi connectivity index (χ4v) is 1.56. The van der Waals surface area contributed by atoms with Crippen molar-refractivity contribution in [2.45, 2.75) is 12.5 Å². The predicted molar refractivity (Wildman–Crippen MR) is 60.7 cm³/mol. The number of rotatable bonds is 4. The third-order valence-electron chi connectivity index (χ3n) is 2.77. The Kier molecular flexibility index (Phi) is 5.17. The zero-order valence-electron chi connectivity index (χ0n) is 9.93. The molecule has 1 unspecified atom stereocenters. The summed E-state index contributed by atoms with van der Waals surface area (Å²) in [6, 6.07) is -0.198. The smallest absolute Gasteiger partial charge is 0.332 e. The van der Waals surface area contributed by atoms with Gasteiger partial charge in [-0.1, -0.05) is 0 Å². The van der Waals surface area contributed by atoms with E-state index in [2.05, 4.69) is 10.2 Å². The molecular weight excluding hydrogens is 226 g/mol. The number of carbonyl (C=O) groups excluding carboxylic acids is 1. The highest BCUT2D eigenvalue weighted by molar-refractivity contribution is 5.74. The zero-order valence-corrected chi connectivity index (χ0v) is 9.93. The van der Waals surface area contributed by atoms with Gasteiger partial charge in [-0.2, -0.15) is 0 Å². The monoisotopic (exact) mass is 245 g/mol. The van der Waals surface area contributed by atoms with Crippen LogP contribution in [0.25, 0.3) is 0 Å². The van der Waals surface area contributed by atoms with Crippen molar-refractivity contribution in [3.8, 4) is 0 Å². The van der Waals surface area contributed by atoms with Gasteiger partial charge in [0.05, 0.1) is 0 Å². The van der Waals surface area contributed by atoms with E-state index >= 15 is 0 Å². The average Bonchev–Trinajstić information content (AvgIpc) is 2.29. The quantitative estimate of drug-likeness (QED) is 0.577. The molecule has 1 fully saturated rings. The topological polar surface area (TPSA) is 93.1 Å². The van der Waals surface area contributed by atoms with Crippen LogP contribution >= 0.6 is 0 Å². The zero-order chi connectivity index (χ0) is 12.8. The van der Waals surface area contributed by atoms with Gasteiger partial charge in [0.15, 0.2) is 6.10 Å². The van der Waals surface area contributed by atoms with Crippen molar-refractivity contribution in [2.75, 3.05) is 39.8 Å². The van der Waals surface area contributed by atoms with Gasteiger partial charge in [-0.25, -0.2) is 9.59 Å². The summed E-state index contributed by atoms with van der Waals surface area (Å²) in [4.78, 5) is 25.8. The number of amides is 2. The molecule has 0 saturated carbocycles. The highest BCUT2D eigenvalue weighted by Crippen LogP contribution is 1.99. The highest BCUT2D eigenvalue weighted by atomic mass is 16.4. The fraction of sp³-hybridized carbons (Fsp3) is 0.800. The number of nitrogens with one attached hydrogen (secondary N) is 1. The lowest BCUT2D eigenvalue weighted by Crippen LogP contribution is -2.51. The molecule has 1 atom stereocenters. The molecular formula is C10H19N3O4. The van der Waals surface area contributed by atoms with Crippen LogP contribution in [-0.4, -0.2) is 77.9 Å². The Balaban J connectivity index is 2.19. The number of aliphatic hydroxyl groups is 1. The summed E-state index contributed by atoms with van der Waals surface area (Å²) >= 11 is 0. The van der Waals surface area contributed by atoms with Crippen LogP contribution in [0.2, 0.25) is 0 Å². The molecule has 0 aromatic rings. The second-order valence-corrected chi connectivity index (χ2v) is 4.16. The molecule has 7 nitrogen and oxygen atoms in total. The summed E-state index contributed by atoms with van der Waals surface area (Å²) in [6.07, 6.45) is -1.39. The molecule has 1 rings (SSSR count). The molecule has 0 bridgehead atoms. The van der Waals surface area contributed by atoms with E-state index in [1.807, 2.05) is 7.05 Å². The summed E-state index contributed by atoms with van der Waals surface area (Å²) in [6.45, 7) is 3.18. The van der Waals surface area contributed by atoms with Crippen LogP contribution in [0.3, 0.4) is 0 Å². The van der Waals surface area contributed by atoms with Crippen molar-refractivity contribution >= 4 is 12.0 Å². The maximum absolute atomic E-state index is 11.6. The van der Waals surface area contributed by atoms with Gasteiger partial charge in [-0.05, 0) is 7.05 Å². The molecule has 1 saturated heterocycles. The maximum Gasteiger partial charge on any atom is 0.332 e. The van der Waals surface area contributed by atoms with Crippen molar-refractivity contribution in [2.24, 2.45) is 0 Å². The third kappa shape index (κ3) is 4.58. The second kappa shape index (κ2) is 6.41. The van der Waals surface area contributed by atoms with Crippen molar-refractivity contribution in [3.63, 3.8) is 0 Å². The van der Waals surface area contributed by atoms with Gasteiger partial charge in [0.1, 0.15) is 0 Å². The van der Waals surface area contributed by atoms with Crippen LogP contribution in [0.4, 0.5) is 4.79 Å². The van der Waals surface area contributed by atoms with E-state index in [9.17, 15) is 9.59 Å². The number of likely N-dealkylation sites (N-methyl/N-ethyl adjacent to an activating group) is 1. The molecule has 1 heterocycles. The normalized spacial score (nSPS) is 18.8. The van der Waals surface area contributed by atoms with Crippen molar-refractivity contribution < 1.29 is 19.8 Å². The number of urea groups is 1. The number of aliphatic carboxylic acids is 1. The van der Waals surface area contributed by atoms with Gasteiger partial charge in [0.25, 0.3) is 0 Å². The van der Waals surface area contributed by atoms with Crippen molar-refractivity contribution in [3.05, 3.63) is 0 Å². The lowest BCUT2D eigenvalue weighted by atomic mass is 10.2. The van der Waals surface area contributed by atoms with Crippen LogP contribution in [0.5, 0.6) is 0 Å². The predicted octanol–water partition coefficient (Wildman–Crippen LogP) is -1.22. The molecule has 3 N–H and O–H groups in total. The lowest BCUT2D eigenvalue weighted by molar-refractivity contribution is -0.146. The fourth-order valence-electron chi connectivity index (χ4n) is 1.56. The molecule has 0 spiro atoms. The number of hydrogen-bond donors (Lipinski definition) is 3. The molecule has 0 aromatic heterocycles. The van der Waals surface area contributed by atoms with E-state index in [0.29, 0.717) is 13.1 Å². The van der Waals surface area contributed by atoms with E-state index < -0.39 is 12.1 Å². The summed E-state index contributed by atoms with van der Waals surface area (Å²) in [5.41, 5.74) is 0. The molecule has 98 valence electrons. The first kappa shape index (κ1) is 13.7. The first-order chi connectivity index (χ1) is 8.00. The number of nitrogens with zero attached hydrogens (tertiary/aromatic N) is 2. The number of piperazine rings is 1. The largest absolute Gasteiger partial charge is 0.479 e. The Morgan fingerprint density at radius 2 is 1.88 bits per heavy atom. The Bertz CT molecular complexity index is 277. The molecule has 2 amide bonds. The second-order valence-electron chi connectivity index (χ2n) is 4.16. The summed E-state index contributed by atoms with van der Waals surface area (Å²) in [7, 11) is 2.00. The van der Waals surface area contributed by atoms with Crippen molar-refractivity contribution in [1.82, 2.24) is 15.1 Å². The molecule has 0 radical (unpaired) electrons. The van der Waals surface area contributed by atoms with Crippen molar-refractivity contribution in [1.29, 1.82) is 0 Å². The third-order valence-corrected chi connectivity index (χ3v) is 2.77. The molecule has 0 aromatic carbocycles. The van der Waals surface area contributed by atoms with Crippen LogP contribution in [0.1, 0.15) is 6.42 Å². The highest BCUT2D eigenvalue weighted by Gasteiger charge is 2.19. The lowest BCUT2D eigenvalue weighted by Gasteiger charge is -2.32. The van der Waals surface area contributed by atoms with Gasteiger partial charge in [0, 0.05) is 39.1 Å². The number of aliphatic hydroxyl groups excluding tert-OH is 1. The van der Waals surface area contributed by atoms with Gasteiger partial charge in [-0.3, -0.25) is 0 Å². The SMILES string of the molecule is CN1CCN(C(=O)NCCC(O)C(=O)O)CC1. The Morgan fingerprint density at radius 1 is 1.29 bits per heavy atom.